The van der Waals surface area contributed by atoms with Crippen LogP contribution in [0.15, 0.2) is 36.4 Å². The molecule has 1 saturated carbocycles. The molecule has 1 aromatic rings. The fraction of sp³-hybridized carbons (Fsp3) is 0.308. The number of fused-ring (bicyclic) bond motifs is 4. The van der Waals surface area contributed by atoms with Crippen LogP contribution in [0.3, 0.4) is 0 Å². The van der Waals surface area contributed by atoms with Crippen LogP contribution in [0.5, 0.6) is 0 Å². The highest BCUT2D eigenvalue weighted by molar-refractivity contribution is 5.99. The highest BCUT2D eigenvalue weighted by Crippen LogP contribution is 2.69. The van der Waals surface area contributed by atoms with Crippen molar-refractivity contribution in [2.24, 2.45) is 11.8 Å². The number of ketones is 1. The van der Waals surface area contributed by atoms with Gasteiger partial charge in [-0.15, -0.1) is 0 Å². The third-order valence-corrected chi connectivity index (χ3v) is 4.00. The number of rotatable bonds is 0. The van der Waals surface area contributed by atoms with E-state index in [-0.39, 0.29) is 5.92 Å². The van der Waals surface area contributed by atoms with Gasteiger partial charge < -0.3 is 0 Å². The van der Waals surface area contributed by atoms with Crippen molar-refractivity contribution in [2.45, 2.75) is 11.8 Å². The normalized spacial score (nSPS) is 40.7. The van der Waals surface area contributed by atoms with Gasteiger partial charge in [-0.05, 0) is 35.0 Å². The molecule has 0 saturated heterocycles. The molecular weight excluding hydrogens is 172 g/mol. The van der Waals surface area contributed by atoms with E-state index >= 15 is 0 Å². The van der Waals surface area contributed by atoms with Crippen LogP contribution in [-0.4, -0.2) is 5.78 Å². The van der Waals surface area contributed by atoms with Gasteiger partial charge >= 0.3 is 0 Å². The number of carbonyl (C=O) groups excluding carboxylic acids is 1. The second kappa shape index (κ2) is 2.00. The van der Waals surface area contributed by atoms with Crippen LogP contribution < -0.4 is 0 Å². The van der Waals surface area contributed by atoms with Gasteiger partial charge in [0.05, 0.1) is 5.92 Å². The lowest BCUT2D eigenvalue weighted by Crippen LogP contribution is -2.15. The van der Waals surface area contributed by atoms with Crippen molar-refractivity contribution in [3.05, 3.63) is 47.5 Å². The number of hydrogen-bond acceptors (Lipinski definition) is 1. The van der Waals surface area contributed by atoms with E-state index in [0.717, 1.165) is 0 Å². The molecule has 0 spiro atoms. The van der Waals surface area contributed by atoms with E-state index in [1.165, 1.54) is 11.1 Å². The second-order valence-electron chi connectivity index (χ2n) is 4.55. The molecule has 1 fully saturated rings. The molecule has 0 aliphatic heterocycles. The SMILES string of the molecule is O=C1C=C[C@@H]2[C@@H]3c4ccccc4[C@H]1[C@@H]23. The highest BCUT2D eigenvalue weighted by Gasteiger charge is 2.62. The zero-order valence-electron chi connectivity index (χ0n) is 7.68. The van der Waals surface area contributed by atoms with Crippen LogP contribution in [0.25, 0.3) is 0 Å². The minimum absolute atomic E-state index is 0.200. The van der Waals surface area contributed by atoms with Gasteiger partial charge in [-0.3, -0.25) is 4.79 Å². The summed E-state index contributed by atoms with van der Waals surface area (Å²) in [4.78, 5) is 11.8. The maximum absolute atomic E-state index is 11.8. The van der Waals surface area contributed by atoms with E-state index in [4.69, 9.17) is 0 Å². The number of allylic oxidation sites excluding steroid dienone is 2. The molecule has 1 heteroatoms. The molecule has 0 heterocycles. The van der Waals surface area contributed by atoms with Crippen molar-refractivity contribution in [1.82, 2.24) is 0 Å². The Labute approximate surface area is 82.4 Å². The molecule has 0 radical (unpaired) electrons. The fourth-order valence-electron chi connectivity index (χ4n) is 3.41. The molecule has 0 unspecified atom stereocenters. The smallest absolute Gasteiger partial charge is 0.163 e. The molecule has 68 valence electrons. The quantitative estimate of drug-likeness (QED) is 0.601. The lowest BCUT2D eigenvalue weighted by molar-refractivity contribution is -0.116. The van der Waals surface area contributed by atoms with Gasteiger partial charge in [0.25, 0.3) is 0 Å². The number of hydrogen-bond donors (Lipinski definition) is 0. The first-order valence-electron chi connectivity index (χ1n) is 5.19. The van der Waals surface area contributed by atoms with Crippen molar-refractivity contribution in [3.8, 4) is 0 Å². The lowest BCUT2D eigenvalue weighted by atomic mass is 9.86. The van der Waals surface area contributed by atoms with E-state index in [1.807, 2.05) is 6.07 Å². The molecule has 1 nitrogen and oxygen atoms in total. The monoisotopic (exact) mass is 182 g/mol. The van der Waals surface area contributed by atoms with Gasteiger partial charge in [-0.2, -0.15) is 0 Å². The topological polar surface area (TPSA) is 17.1 Å². The summed E-state index contributed by atoms with van der Waals surface area (Å²) in [5.74, 6) is 2.47. The van der Waals surface area contributed by atoms with E-state index in [1.54, 1.807) is 6.08 Å². The van der Waals surface area contributed by atoms with Crippen LogP contribution in [0, 0.1) is 11.8 Å². The highest BCUT2D eigenvalue weighted by atomic mass is 16.1. The van der Waals surface area contributed by atoms with Crippen LogP contribution >= 0.6 is 0 Å². The maximum atomic E-state index is 11.8. The Morgan fingerprint density at radius 3 is 2.71 bits per heavy atom. The summed E-state index contributed by atoms with van der Waals surface area (Å²) in [6, 6.07) is 8.45. The van der Waals surface area contributed by atoms with Gasteiger partial charge in [0.1, 0.15) is 0 Å². The molecule has 0 bridgehead atoms. The van der Waals surface area contributed by atoms with Gasteiger partial charge in [0.15, 0.2) is 5.78 Å². The Kier molecular flexibility index (Phi) is 0.999. The third kappa shape index (κ3) is 0.597. The molecule has 0 aromatic heterocycles. The molecule has 4 atom stereocenters. The standard InChI is InChI=1S/C13H10O/c14-10-6-5-9-11-7-3-1-2-4-8(7)12(10)13(9)11/h1-6,9,11-13H/t9-,11+,12-,13+/m1/s1. The number of carbonyl (C=O) groups is 1. The minimum atomic E-state index is 0.200. The minimum Gasteiger partial charge on any atom is -0.294 e. The van der Waals surface area contributed by atoms with Crippen molar-refractivity contribution in [1.29, 1.82) is 0 Å². The van der Waals surface area contributed by atoms with Crippen LogP contribution in [-0.2, 0) is 4.79 Å². The summed E-state index contributed by atoms with van der Waals surface area (Å²) in [5.41, 5.74) is 2.73. The largest absolute Gasteiger partial charge is 0.294 e. The van der Waals surface area contributed by atoms with E-state index in [2.05, 4.69) is 24.3 Å². The molecule has 4 rings (SSSR count). The average molecular weight is 182 g/mol. The molecule has 1 aromatic carbocycles. The Morgan fingerprint density at radius 1 is 1.07 bits per heavy atom. The second-order valence-corrected chi connectivity index (χ2v) is 4.55. The summed E-state index contributed by atoms with van der Waals surface area (Å²) in [5, 5.41) is 0. The molecule has 0 amide bonds. The first-order chi connectivity index (χ1) is 6.88. The first kappa shape index (κ1) is 6.99. The lowest BCUT2D eigenvalue weighted by Gasteiger charge is -2.16. The summed E-state index contributed by atoms with van der Waals surface area (Å²) in [7, 11) is 0. The summed E-state index contributed by atoms with van der Waals surface area (Å²) >= 11 is 0. The fourth-order valence-corrected chi connectivity index (χ4v) is 3.41. The first-order valence-corrected chi connectivity index (χ1v) is 5.19. The zero-order chi connectivity index (χ0) is 9.28. The summed E-state index contributed by atoms with van der Waals surface area (Å²) in [6.07, 6.45) is 3.91. The predicted octanol–water partition coefficient (Wildman–Crippen LogP) is 2.25. The van der Waals surface area contributed by atoms with Gasteiger partial charge in [-0.25, -0.2) is 0 Å². The van der Waals surface area contributed by atoms with Crippen LogP contribution in [0.4, 0.5) is 0 Å². The maximum Gasteiger partial charge on any atom is 0.163 e. The van der Waals surface area contributed by atoms with Gasteiger partial charge in [-0.1, -0.05) is 30.3 Å². The van der Waals surface area contributed by atoms with Crippen LogP contribution in [0.2, 0.25) is 0 Å². The summed E-state index contributed by atoms with van der Waals surface area (Å²) < 4.78 is 0. The molecule has 0 N–H and O–H groups in total. The summed E-state index contributed by atoms with van der Waals surface area (Å²) in [6.45, 7) is 0. The van der Waals surface area contributed by atoms with Crippen molar-refractivity contribution in [3.63, 3.8) is 0 Å². The van der Waals surface area contributed by atoms with E-state index in [0.29, 0.717) is 23.5 Å². The molecule has 3 aliphatic rings. The van der Waals surface area contributed by atoms with Crippen molar-refractivity contribution in [2.75, 3.05) is 0 Å². The number of benzene rings is 1. The van der Waals surface area contributed by atoms with Gasteiger partial charge in [0.2, 0.25) is 0 Å². The van der Waals surface area contributed by atoms with E-state index in [9.17, 15) is 4.79 Å². The van der Waals surface area contributed by atoms with Crippen molar-refractivity contribution >= 4 is 5.78 Å². The average Bonchev–Trinajstić information content (AvgIpc) is 2.81. The Hall–Kier alpha value is -1.37. The molecule has 14 heavy (non-hydrogen) atoms. The van der Waals surface area contributed by atoms with Gasteiger partial charge in [0, 0.05) is 0 Å². The van der Waals surface area contributed by atoms with Crippen molar-refractivity contribution < 1.29 is 4.79 Å². The predicted molar refractivity (Wildman–Crippen MR) is 53.1 cm³/mol. The zero-order valence-corrected chi connectivity index (χ0v) is 7.68. The Bertz CT molecular complexity index is 472. The third-order valence-electron chi connectivity index (χ3n) is 4.00. The Balaban J connectivity index is 2.00. The van der Waals surface area contributed by atoms with Crippen LogP contribution in [0.1, 0.15) is 23.0 Å². The molecular formula is C13H10O. The molecule has 3 aliphatic carbocycles. The van der Waals surface area contributed by atoms with E-state index < -0.39 is 0 Å². The Morgan fingerprint density at radius 2 is 1.86 bits per heavy atom.